The van der Waals surface area contributed by atoms with Gasteiger partial charge in [0, 0.05) is 0 Å². The number of halogens is 1. The summed E-state index contributed by atoms with van der Waals surface area (Å²) < 4.78 is 2.33. The molecule has 1 heterocycles. The van der Waals surface area contributed by atoms with Crippen molar-refractivity contribution < 1.29 is 0 Å². The van der Waals surface area contributed by atoms with Crippen LogP contribution in [0.2, 0.25) is 5.02 Å². The summed E-state index contributed by atoms with van der Waals surface area (Å²) in [6.07, 6.45) is 0. The van der Waals surface area contributed by atoms with Crippen LogP contribution in [-0.4, -0.2) is 19.8 Å². The van der Waals surface area contributed by atoms with Crippen LogP contribution >= 0.6 is 11.6 Å². The molecular formula is C11H9ClN4O. The van der Waals surface area contributed by atoms with Crippen molar-refractivity contribution >= 4 is 11.6 Å². The van der Waals surface area contributed by atoms with Gasteiger partial charge in [0.15, 0.2) is 0 Å². The van der Waals surface area contributed by atoms with E-state index in [0.717, 1.165) is 4.68 Å². The van der Waals surface area contributed by atoms with Crippen LogP contribution in [0.5, 0.6) is 0 Å². The molecule has 5 nitrogen and oxygen atoms in total. The molecule has 0 saturated carbocycles. The summed E-state index contributed by atoms with van der Waals surface area (Å²) in [6, 6.07) is 6.95. The first-order valence-electron chi connectivity index (χ1n) is 4.91. The van der Waals surface area contributed by atoms with Gasteiger partial charge in [-0.2, -0.15) is 9.36 Å². The van der Waals surface area contributed by atoms with Crippen LogP contribution in [-0.2, 0) is 6.54 Å². The van der Waals surface area contributed by atoms with Crippen molar-refractivity contribution in [3.8, 4) is 17.5 Å². The van der Waals surface area contributed by atoms with Crippen LogP contribution < -0.4 is 5.69 Å². The van der Waals surface area contributed by atoms with Gasteiger partial charge in [0.25, 0.3) is 0 Å². The molecule has 0 N–H and O–H groups in total. The summed E-state index contributed by atoms with van der Waals surface area (Å²) >= 11 is 5.98. The van der Waals surface area contributed by atoms with Crippen molar-refractivity contribution in [3.63, 3.8) is 0 Å². The summed E-state index contributed by atoms with van der Waals surface area (Å²) in [5.41, 5.74) is 0.149. The molecule has 0 aliphatic carbocycles. The van der Waals surface area contributed by atoms with Crippen LogP contribution in [0.15, 0.2) is 29.1 Å². The molecule has 0 aliphatic heterocycles. The third kappa shape index (κ3) is 2.22. The minimum Gasteiger partial charge on any atom is -0.244 e. The van der Waals surface area contributed by atoms with Gasteiger partial charge in [-0.25, -0.2) is 4.79 Å². The van der Waals surface area contributed by atoms with Gasteiger partial charge in [0.05, 0.1) is 10.7 Å². The van der Waals surface area contributed by atoms with E-state index in [0.29, 0.717) is 10.7 Å². The Hall–Kier alpha value is -2.06. The maximum atomic E-state index is 11.9. The maximum Gasteiger partial charge on any atom is 0.369 e. The quantitative estimate of drug-likeness (QED) is 0.748. The molecule has 0 saturated heterocycles. The molecule has 2 rings (SSSR count). The number of aromatic nitrogens is 4. The van der Waals surface area contributed by atoms with Crippen molar-refractivity contribution in [1.29, 1.82) is 0 Å². The first-order valence-corrected chi connectivity index (χ1v) is 5.29. The summed E-state index contributed by atoms with van der Waals surface area (Å²) in [7, 11) is 0. The highest BCUT2D eigenvalue weighted by atomic mass is 35.5. The Bertz CT molecular complexity index is 647. The van der Waals surface area contributed by atoms with Crippen molar-refractivity contribution in [1.82, 2.24) is 19.8 Å². The molecule has 1 aromatic heterocycles. The SMILES string of the molecule is CC#CCn1nnn(-c2ccccc2Cl)c1=O. The maximum absolute atomic E-state index is 11.9. The van der Waals surface area contributed by atoms with Gasteiger partial charge in [0.1, 0.15) is 6.54 Å². The molecule has 0 spiro atoms. The van der Waals surface area contributed by atoms with Gasteiger partial charge in [-0.05, 0) is 29.5 Å². The molecular weight excluding hydrogens is 240 g/mol. The molecule has 0 unspecified atom stereocenters. The van der Waals surface area contributed by atoms with Gasteiger partial charge >= 0.3 is 5.69 Å². The number of tetrazole rings is 1. The second-order valence-corrected chi connectivity index (χ2v) is 3.62. The Morgan fingerprint density at radius 2 is 2.12 bits per heavy atom. The highest BCUT2D eigenvalue weighted by Crippen LogP contribution is 2.16. The lowest BCUT2D eigenvalue weighted by atomic mass is 10.3. The fourth-order valence-corrected chi connectivity index (χ4v) is 1.52. The topological polar surface area (TPSA) is 52.7 Å². The van der Waals surface area contributed by atoms with E-state index < -0.39 is 0 Å². The lowest BCUT2D eigenvalue weighted by molar-refractivity contribution is 0.653. The van der Waals surface area contributed by atoms with Crippen LogP contribution in [0.25, 0.3) is 5.69 Å². The first-order chi connectivity index (χ1) is 8.24. The Labute approximate surface area is 103 Å². The van der Waals surface area contributed by atoms with Gasteiger partial charge in [0.2, 0.25) is 0 Å². The summed E-state index contributed by atoms with van der Waals surface area (Å²) in [4.78, 5) is 11.9. The van der Waals surface area contributed by atoms with E-state index in [-0.39, 0.29) is 12.2 Å². The normalized spacial score (nSPS) is 9.76. The van der Waals surface area contributed by atoms with Crippen molar-refractivity contribution in [2.75, 3.05) is 0 Å². The molecule has 6 heteroatoms. The minimum absolute atomic E-state index is 0.222. The predicted octanol–water partition coefficient (Wildman–Crippen LogP) is 1.11. The highest BCUT2D eigenvalue weighted by molar-refractivity contribution is 6.32. The van der Waals surface area contributed by atoms with Crippen molar-refractivity contribution in [2.24, 2.45) is 0 Å². The first kappa shape index (κ1) is 11.4. The fraction of sp³-hybridized carbons (Fsp3) is 0.182. The Balaban J connectivity index is 2.47. The lowest BCUT2D eigenvalue weighted by Crippen LogP contribution is -2.24. The third-order valence-corrected chi connectivity index (χ3v) is 2.45. The van der Waals surface area contributed by atoms with Crippen LogP contribution in [0.1, 0.15) is 6.92 Å². The zero-order chi connectivity index (χ0) is 12.3. The van der Waals surface area contributed by atoms with E-state index in [1.54, 1.807) is 31.2 Å². The summed E-state index contributed by atoms with van der Waals surface area (Å²) in [5, 5.41) is 7.94. The van der Waals surface area contributed by atoms with E-state index in [1.165, 1.54) is 4.68 Å². The molecule has 0 bridgehead atoms. The average molecular weight is 249 g/mol. The molecule has 0 fully saturated rings. The number of para-hydroxylation sites is 1. The van der Waals surface area contributed by atoms with Gasteiger partial charge in [-0.15, -0.1) is 5.92 Å². The standard InChI is InChI=1S/C11H9ClN4O/c1-2-3-8-15-11(17)16(14-13-15)10-7-5-4-6-9(10)12/h4-7H,8H2,1H3. The van der Waals surface area contributed by atoms with Crippen LogP contribution in [0.3, 0.4) is 0 Å². The van der Waals surface area contributed by atoms with E-state index in [4.69, 9.17) is 11.6 Å². The Morgan fingerprint density at radius 3 is 2.82 bits per heavy atom. The van der Waals surface area contributed by atoms with Gasteiger partial charge < -0.3 is 0 Å². The van der Waals surface area contributed by atoms with E-state index in [9.17, 15) is 4.79 Å². The predicted molar refractivity (Wildman–Crippen MR) is 64.1 cm³/mol. The number of benzene rings is 1. The van der Waals surface area contributed by atoms with E-state index in [1.807, 2.05) is 0 Å². The molecule has 1 aromatic carbocycles. The number of rotatable bonds is 2. The van der Waals surface area contributed by atoms with Gasteiger partial charge in [-0.1, -0.05) is 29.7 Å². The van der Waals surface area contributed by atoms with Gasteiger partial charge in [-0.3, -0.25) is 0 Å². The molecule has 0 atom stereocenters. The van der Waals surface area contributed by atoms with Crippen molar-refractivity contribution in [3.05, 3.63) is 39.8 Å². The zero-order valence-corrected chi connectivity index (χ0v) is 9.85. The molecule has 0 radical (unpaired) electrons. The molecule has 17 heavy (non-hydrogen) atoms. The highest BCUT2D eigenvalue weighted by Gasteiger charge is 2.10. The minimum atomic E-state index is -0.360. The third-order valence-electron chi connectivity index (χ3n) is 2.13. The van der Waals surface area contributed by atoms with Crippen LogP contribution in [0.4, 0.5) is 0 Å². The smallest absolute Gasteiger partial charge is 0.244 e. The lowest BCUT2D eigenvalue weighted by Gasteiger charge is -1.99. The largest absolute Gasteiger partial charge is 0.369 e. The average Bonchev–Trinajstić information content (AvgIpc) is 2.69. The zero-order valence-electron chi connectivity index (χ0n) is 9.09. The Morgan fingerprint density at radius 1 is 1.35 bits per heavy atom. The second kappa shape index (κ2) is 4.85. The number of hydrogen-bond donors (Lipinski definition) is 0. The molecule has 2 aromatic rings. The number of nitrogens with zero attached hydrogens (tertiary/aromatic N) is 4. The van der Waals surface area contributed by atoms with E-state index in [2.05, 4.69) is 22.3 Å². The van der Waals surface area contributed by atoms with Crippen LogP contribution in [0, 0.1) is 11.8 Å². The molecule has 86 valence electrons. The molecule has 0 aliphatic rings. The molecule has 0 amide bonds. The van der Waals surface area contributed by atoms with E-state index >= 15 is 0 Å². The fourth-order valence-electron chi connectivity index (χ4n) is 1.30. The Kier molecular flexibility index (Phi) is 3.26. The number of hydrogen-bond acceptors (Lipinski definition) is 3. The monoisotopic (exact) mass is 248 g/mol. The summed E-state index contributed by atoms with van der Waals surface area (Å²) in [5.74, 6) is 5.44. The van der Waals surface area contributed by atoms with Crippen molar-refractivity contribution in [2.45, 2.75) is 13.5 Å². The summed E-state index contributed by atoms with van der Waals surface area (Å²) in [6.45, 7) is 1.92. The second-order valence-electron chi connectivity index (χ2n) is 3.21.